The molecule has 12 heteroatoms. The SMILES string of the molecule is CC.CCCCc1nc2c(N)nc3ccccc3c2n1CC#CCN1CCOCC1.CCCCc1nc2c(N)nc3ccccc3c2n1CP1CC1.CNC. The van der Waals surface area contributed by atoms with Gasteiger partial charge in [-0.25, -0.2) is 19.9 Å². The van der Waals surface area contributed by atoms with Crippen LogP contribution in [0, 0.1) is 11.8 Å². The van der Waals surface area contributed by atoms with Crippen LogP contribution in [0.5, 0.6) is 0 Å². The summed E-state index contributed by atoms with van der Waals surface area (Å²) in [4.78, 5) is 21.1. The average molecular weight is 765 g/mol. The Morgan fingerprint density at radius 3 is 1.69 bits per heavy atom. The molecule has 0 spiro atoms. The Morgan fingerprint density at radius 1 is 0.709 bits per heavy atom. The standard InChI is InChI=1S/C22H27N5O.C17H21N4P.C2H7N.C2H6/c1-2-3-10-19-25-20-21(17-8-4-5-9-18(17)24-22(20)23)27(19)12-7-6-11-26-13-15-28-16-14-26;1-2-3-8-14-20-15-16(21(14)11-22-9-10-22)12-6-4-5-7-13(12)19-17(15)18;1-3-2;1-2/h4-5,8-9H,2-3,10-16H2,1H3,(H2,23,24);4-7H,2-3,8-11H2,1H3,(H2,18,19);3H,1-2H3;1-2H3. The van der Waals surface area contributed by atoms with Crippen LogP contribution in [-0.2, 0) is 30.4 Å². The summed E-state index contributed by atoms with van der Waals surface area (Å²) >= 11 is 0. The number of imidazole rings is 2. The minimum Gasteiger partial charge on any atom is -0.382 e. The van der Waals surface area contributed by atoms with Gasteiger partial charge in [0.15, 0.2) is 11.6 Å². The lowest BCUT2D eigenvalue weighted by molar-refractivity contribution is 0.0443. The number of morpholine rings is 1. The second kappa shape index (κ2) is 21.1. The number of nitrogens with zero attached hydrogens (tertiary/aromatic N) is 7. The molecule has 0 bridgehead atoms. The number of anilines is 2. The molecule has 0 unspecified atom stereocenters. The molecule has 6 aromatic rings. The van der Waals surface area contributed by atoms with E-state index in [4.69, 9.17) is 26.2 Å². The minimum atomic E-state index is 0.191. The number of benzene rings is 2. The van der Waals surface area contributed by atoms with E-state index in [0.717, 1.165) is 104 Å². The van der Waals surface area contributed by atoms with Gasteiger partial charge in [-0.05, 0) is 51.4 Å². The highest BCUT2D eigenvalue weighted by Gasteiger charge is 2.25. The number of fused-ring (bicyclic) bond motifs is 6. The molecule has 6 heterocycles. The fourth-order valence-electron chi connectivity index (χ4n) is 6.66. The van der Waals surface area contributed by atoms with Gasteiger partial charge in [0.05, 0.1) is 48.4 Å². The number of ether oxygens (including phenoxy) is 1. The van der Waals surface area contributed by atoms with E-state index in [0.29, 0.717) is 18.2 Å². The largest absolute Gasteiger partial charge is 0.382 e. The lowest BCUT2D eigenvalue weighted by atomic mass is 10.2. The Balaban J connectivity index is 0.000000193. The number of unbranched alkanes of at least 4 members (excludes halogenated alkanes) is 2. The van der Waals surface area contributed by atoms with Gasteiger partial charge in [0.25, 0.3) is 0 Å². The van der Waals surface area contributed by atoms with Crippen LogP contribution in [0.15, 0.2) is 48.5 Å². The van der Waals surface area contributed by atoms with Crippen molar-refractivity contribution >= 4 is 63.4 Å². The Labute approximate surface area is 328 Å². The molecule has 2 aliphatic rings. The smallest absolute Gasteiger partial charge is 0.152 e. The summed E-state index contributed by atoms with van der Waals surface area (Å²) in [6, 6.07) is 16.4. The van der Waals surface area contributed by atoms with E-state index in [1.54, 1.807) is 0 Å². The molecule has 2 aliphatic heterocycles. The van der Waals surface area contributed by atoms with Crippen molar-refractivity contribution in [2.45, 2.75) is 79.1 Å². The van der Waals surface area contributed by atoms with Crippen molar-refractivity contribution < 1.29 is 4.74 Å². The van der Waals surface area contributed by atoms with Gasteiger partial charge in [0, 0.05) is 43.0 Å². The third-order valence-electron chi connectivity index (χ3n) is 9.54. The molecule has 294 valence electrons. The van der Waals surface area contributed by atoms with Crippen LogP contribution in [0.2, 0.25) is 0 Å². The van der Waals surface area contributed by atoms with Gasteiger partial charge in [0.2, 0.25) is 0 Å². The van der Waals surface area contributed by atoms with Gasteiger partial charge in [-0.1, -0.05) is 96.7 Å². The van der Waals surface area contributed by atoms with Crippen LogP contribution >= 0.6 is 7.92 Å². The molecule has 2 saturated heterocycles. The predicted octanol–water partition coefficient (Wildman–Crippen LogP) is 7.67. The molecule has 0 saturated carbocycles. The van der Waals surface area contributed by atoms with Gasteiger partial charge < -0.3 is 30.7 Å². The molecule has 0 amide bonds. The lowest BCUT2D eigenvalue weighted by Crippen LogP contribution is -2.36. The molecule has 8 rings (SSSR count). The van der Waals surface area contributed by atoms with E-state index >= 15 is 0 Å². The number of nitrogens with one attached hydrogen (secondary N) is 1. The predicted molar refractivity (Wildman–Crippen MR) is 234 cm³/mol. The topological polar surface area (TPSA) is 138 Å². The van der Waals surface area contributed by atoms with Crippen molar-refractivity contribution in [2.75, 3.05) is 70.7 Å². The third kappa shape index (κ3) is 10.5. The van der Waals surface area contributed by atoms with Crippen molar-refractivity contribution in [1.82, 2.24) is 39.3 Å². The van der Waals surface area contributed by atoms with Crippen molar-refractivity contribution in [3.8, 4) is 11.8 Å². The molecule has 5 N–H and O–H groups in total. The Hall–Kier alpha value is -4.33. The summed E-state index contributed by atoms with van der Waals surface area (Å²) in [5, 5.41) is 5.01. The number of hydrogen-bond acceptors (Lipinski definition) is 9. The lowest BCUT2D eigenvalue weighted by Gasteiger charge is -2.24. The number of hydrogen-bond donors (Lipinski definition) is 3. The highest BCUT2D eigenvalue weighted by atomic mass is 31.1. The molecular weight excluding hydrogens is 704 g/mol. The minimum absolute atomic E-state index is 0.191. The fourth-order valence-corrected chi connectivity index (χ4v) is 8.21. The Kier molecular flexibility index (Phi) is 16.0. The maximum absolute atomic E-state index is 6.24. The highest BCUT2D eigenvalue weighted by molar-refractivity contribution is 7.64. The Bertz CT molecular complexity index is 2190. The number of nitrogen functional groups attached to an aromatic ring is 2. The molecule has 2 fully saturated rings. The summed E-state index contributed by atoms with van der Waals surface area (Å²) in [6.45, 7) is 13.3. The second-order valence-electron chi connectivity index (χ2n) is 13.7. The zero-order valence-electron chi connectivity index (χ0n) is 33.9. The molecule has 0 aliphatic carbocycles. The first kappa shape index (κ1) is 41.8. The van der Waals surface area contributed by atoms with Crippen LogP contribution in [-0.4, -0.2) is 93.2 Å². The number of aromatic nitrogens is 6. The van der Waals surface area contributed by atoms with Crippen LogP contribution in [0.1, 0.15) is 65.0 Å². The number of pyridine rings is 2. The average Bonchev–Trinajstić information content (AvgIpc) is 3.85. The number of nitrogens with two attached hydrogens (primary N) is 2. The van der Waals surface area contributed by atoms with E-state index in [1.807, 2.05) is 58.3 Å². The molecule has 55 heavy (non-hydrogen) atoms. The summed E-state index contributed by atoms with van der Waals surface area (Å²) < 4.78 is 10.1. The van der Waals surface area contributed by atoms with Gasteiger partial charge in [-0.15, -0.1) is 0 Å². The van der Waals surface area contributed by atoms with Gasteiger partial charge in [0.1, 0.15) is 22.7 Å². The zero-order chi connectivity index (χ0) is 39.2. The maximum atomic E-state index is 6.24. The van der Waals surface area contributed by atoms with E-state index in [-0.39, 0.29) is 7.92 Å². The summed E-state index contributed by atoms with van der Waals surface area (Å²) in [5.74, 6) is 9.98. The van der Waals surface area contributed by atoms with E-state index in [1.165, 1.54) is 41.9 Å². The summed E-state index contributed by atoms with van der Waals surface area (Å²) in [6.07, 6.45) is 10.5. The molecular formula is C43H61N10OP. The van der Waals surface area contributed by atoms with Crippen LogP contribution < -0.4 is 16.8 Å². The third-order valence-corrected chi connectivity index (χ3v) is 11.3. The van der Waals surface area contributed by atoms with Crippen molar-refractivity contribution in [2.24, 2.45) is 0 Å². The molecule has 11 nitrogen and oxygen atoms in total. The highest BCUT2D eigenvalue weighted by Crippen LogP contribution is 2.52. The fraction of sp³-hybridized carbons (Fsp3) is 0.488. The quantitative estimate of drug-likeness (QED) is 0.0948. The van der Waals surface area contributed by atoms with E-state index in [9.17, 15) is 0 Å². The monoisotopic (exact) mass is 764 g/mol. The van der Waals surface area contributed by atoms with Crippen LogP contribution in [0.25, 0.3) is 43.9 Å². The van der Waals surface area contributed by atoms with Crippen molar-refractivity contribution in [3.05, 3.63) is 60.2 Å². The van der Waals surface area contributed by atoms with Crippen molar-refractivity contribution in [3.63, 3.8) is 0 Å². The van der Waals surface area contributed by atoms with Crippen LogP contribution in [0.3, 0.4) is 0 Å². The molecule has 0 atom stereocenters. The van der Waals surface area contributed by atoms with Crippen molar-refractivity contribution in [1.29, 1.82) is 0 Å². The van der Waals surface area contributed by atoms with Gasteiger partial charge in [-0.2, -0.15) is 0 Å². The Morgan fingerprint density at radius 2 is 1.18 bits per heavy atom. The molecule has 4 aromatic heterocycles. The normalized spacial score (nSPS) is 14.1. The molecule has 0 radical (unpaired) electrons. The zero-order valence-corrected chi connectivity index (χ0v) is 34.8. The first-order valence-corrected chi connectivity index (χ1v) is 22.0. The summed E-state index contributed by atoms with van der Waals surface area (Å²) in [5.41, 5.74) is 18.2. The van der Waals surface area contributed by atoms with E-state index in [2.05, 4.69) is 73.2 Å². The number of aryl methyl sites for hydroxylation is 2. The van der Waals surface area contributed by atoms with Crippen LogP contribution in [0.4, 0.5) is 11.6 Å². The molecule has 2 aromatic carbocycles. The first-order valence-electron chi connectivity index (χ1n) is 20.1. The second-order valence-corrected chi connectivity index (χ2v) is 16.2. The number of para-hydroxylation sites is 2. The number of rotatable bonds is 10. The van der Waals surface area contributed by atoms with Gasteiger partial charge >= 0.3 is 0 Å². The van der Waals surface area contributed by atoms with Gasteiger partial charge in [-0.3, -0.25) is 4.90 Å². The maximum Gasteiger partial charge on any atom is 0.152 e. The first-order chi connectivity index (χ1) is 27.0. The summed E-state index contributed by atoms with van der Waals surface area (Å²) in [7, 11) is 3.94. The van der Waals surface area contributed by atoms with E-state index < -0.39 is 0 Å².